The van der Waals surface area contributed by atoms with E-state index in [0.29, 0.717) is 12.5 Å². The van der Waals surface area contributed by atoms with Gasteiger partial charge in [0.2, 0.25) is 0 Å². The molecule has 0 saturated heterocycles. The molecule has 1 rings (SSSR count). The largest absolute Gasteiger partial charge is 0.330 e. The van der Waals surface area contributed by atoms with Crippen molar-refractivity contribution in [2.45, 2.75) is 58.5 Å². The molecular weight excluding hydrogens is 189 g/mol. The molecule has 15 heavy (non-hydrogen) atoms. The van der Waals surface area contributed by atoms with Gasteiger partial charge < -0.3 is 5.73 Å². The second kappa shape index (κ2) is 6.47. The molecule has 0 radical (unpaired) electrons. The monoisotopic (exact) mass is 215 g/mol. The van der Waals surface area contributed by atoms with E-state index in [9.17, 15) is 4.39 Å². The molecule has 0 heterocycles. The van der Waals surface area contributed by atoms with Gasteiger partial charge in [-0.2, -0.15) is 0 Å². The third-order valence-electron chi connectivity index (χ3n) is 3.89. The molecule has 1 nitrogen and oxygen atoms in total. The van der Waals surface area contributed by atoms with Gasteiger partial charge in [0.15, 0.2) is 0 Å². The van der Waals surface area contributed by atoms with E-state index in [-0.39, 0.29) is 11.8 Å². The third-order valence-corrected chi connectivity index (χ3v) is 3.89. The van der Waals surface area contributed by atoms with E-state index in [1.54, 1.807) is 0 Å². The van der Waals surface area contributed by atoms with Crippen molar-refractivity contribution in [2.24, 2.45) is 23.5 Å². The molecule has 1 saturated carbocycles. The van der Waals surface area contributed by atoms with E-state index in [4.69, 9.17) is 5.73 Å². The maximum atomic E-state index is 14.3. The lowest BCUT2D eigenvalue weighted by Gasteiger charge is -2.29. The Morgan fingerprint density at radius 2 is 1.67 bits per heavy atom. The summed E-state index contributed by atoms with van der Waals surface area (Å²) in [6.45, 7) is 4.66. The van der Waals surface area contributed by atoms with Gasteiger partial charge in [0, 0.05) is 5.92 Å². The normalized spacial score (nSPS) is 23.8. The van der Waals surface area contributed by atoms with Crippen molar-refractivity contribution in [3.05, 3.63) is 0 Å². The van der Waals surface area contributed by atoms with Crippen LogP contribution in [0.25, 0.3) is 0 Å². The van der Waals surface area contributed by atoms with Gasteiger partial charge in [0.1, 0.15) is 6.17 Å². The molecule has 1 aliphatic rings. The number of alkyl halides is 1. The highest BCUT2D eigenvalue weighted by atomic mass is 19.1. The highest BCUT2D eigenvalue weighted by Gasteiger charge is 2.30. The minimum Gasteiger partial charge on any atom is -0.330 e. The quantitative estimate of drug-likeness (QED) is 0.713. The first-order valence-corrected chi connectivity index (χ1v) is 6.51. The molecule has 0 amide bonds. The highest BCUT2D eigenvalue weighted by Crippen LogP contribution is 2.32. The third kappa shape index (κ3) is 3.75. The van der Waals surface area contributed by atoms with Gasteiger partial charge in [-0.3, -0.25) is 0 Å². The summed E-state index contributed by atoms with van der Waals surface area (Å²) >= 11 is 0. The molecule has 0 spiro atoms. The van der Waals surface area contributed by atoms with Crippen molar-refractivity contribution in [3.63, 3.8) is 0 Å². The van der Waals surface area contributed by atoms with E-state index in [1.165, 1.54) is 25.7 Å². The minimum atomic E-state index is -0.673. The molecule has 2 unspecified atom stereocenters. The molecule has 1 aliphatic carbocycles. The standard InChI is InChI=1S/C13H26FN/c1-10(2)12(9-15)13(14)11-7-5-3-4-6-8-11/h10-13H,3-9,15H2,1-2H3. The molecular formula is C13H26FN. The van der Waals surface area contributed by atoms with E-state index >= 15 is 0 Å². The molecule has 0 aromatic rings. The molecule has 0 aliphatic heterocycles. The van der Waals surface area contributed by atoms with Crippen molar-refractivity contribution >= 4 is 0 Å². The molecule has 0 bridgehead atoms. The Kier molecular flexibility index (Phi) is 5.59. The summed E-state index contributed by atoms with van der Waals surface area (Å²) in [5, 5.41) is 0. The van der Waals surface area contributed by atoms with Gasteiger partial charge in [0.25, 0.3) is 0 Å². The zero-order valence-electron chi connectivity index (χ0n) is 10.2. The predicted octanol–water partition coefficient (Wildman–Crippen LogP) is 3.53. The molecule has 2 N–H and O–H groups in total. The van der Waals surface area contributed by atoms with Gasteiger partial charge >= 0.3 is 0 Å². The fraction of sp³-hybridized carbons (Fsp3) is 1.00. The van der Waals surface area contributed by atoms with E-state index in [2.05, 4.69) is 13.8 Å². The first-order chi connectivity index (χ1) is 7.16. The summed E-state index contributed by atoms with van der Waals surface area (Å²) in [5.41, 5.74) is 5.68. The van der Waals surface area contributed by atoms with Crippen LogP contribution in [-0.4, -0.2) is 12.7 Å². The summed E-state index contributed by atoms with van der Waals surface area (Å²) in [7, 11) is 0. The molecule has 2 heteroatoms. The average molecular weight is 215 g/mol. The molecule has 0 aromatic heterocycles. The first kappa shape index (κ1) is 13.0. The average Bonchev–Trinajstić information content (AvgIpc) is 2.45. The Morgan fingerprint density at radius 3 is 2.07 bits per heavy atom. The summed E-state index contributed by atoms with van der Waals surface area (Å²) < 4.78 is 14.3. The number of hydrogen-bond donors (Lipinski definition) is 1. The fourth-order valence-electron chi connectivity index (χ4n) is 2.75. The predicted molar refractivity (Wildman–Crippen MR) is 63.5 cm³/mol. The van der Waals surface area contributed by atoms with Crippen LogP contribution in [0.15, 0.2) is 0 Å². The lowest BCUT2D eigenvalue weighted by atomic mass is 9.81. The fourth-order valence-corrected chi connectivity index (χ4v) is 2.75. The lowest BCUT2D eigenvalue weighted by molar-refractivity contribution is 0.111. The summed E-state index contributed by atoms with van der Waals surface area (Å²) in [4.78, 5) is 0. The molecule has 1 fully saturated rings. The van der Waals surface area contributed by atoms with Gasteiger partial charge in [-0.25, -0.2) is 4.39 Å². The number of rotatable bonds is 4. The van der Waals surface area contributed by atoms with E-state index in [1.807, 2.05) is 0 Å². The zero-order chi connectivity index (χ0) is 11.3. The summed E-state index contributed by atoms with van der Waals surface area (Å²) in [6.07, 6.45) is 6.47. The second-order valence-corrected chi connectivity index (χ2v) is 5.34. The van der Waals surface area contributed by atoms with Gasteiger partial charge in [-0.05, 0) is 31.2 Å². The van der Waals surface area contributed by atoms with Crippen LogP contribution >= 0.6 is 0 Å². The van der Waals surface area contributed by atoms with Crippen LogP contribution in [0.2, 0.25) is 0 Å². The van der Waals surface area contributed by atoms with Crippen LogP contribution in [0, 0.1) is 17.8 Å². The Balaban J connectivity index is 2.51. The smallest absolute Gasteiger partial charge is 0.107 e. The van der Waals surface area contributed by atoms with Gasteiger partial charge in [-0.15, -0.1) is 0 Å². The van der Waals surface area contributed by atoms with Crippen LogP contribution in [0.3, 0.4) is 0 Å². The SMILES string of the molecule is CC(C)C(CN)C(F)C1CCCCCC1. The Hall–Kier alpha value is -0.110. The zero-order valence-corrected chi connectivity index (χ0v) is 10.2. The van der Waals surface area contributed by atoms with Crippen LogP contribution in [0.1, 0.15) is 52.4 Å². The maximum Gasteiger partial charge on any atom is 0.107 e. The number of halogens is 1. The van der Waals surface area contributed by atoms with Crippen LogP contribution in [0.4, 0.5) is 4.39 Å². The summed E-state index contributed by atoms with van der Waals surface area (Å²) in [5.74, 6) is 0.713. The topological polar surface area (TPSA) is 26.0 Å². The molecule has 2 atom stereocenters. The first-order valence-electron chi connectivity index (χ1n) is 6.51. The van der Waals surface area contributed by atoms with Gasteiger partial charge in [0.05, 0.1) is 0 Å². The van der Waals surface area contributed by atoms with Crippen LogP contribution in [0.5, 0.6) is 0 Å². The highest BCUT2D eigenvalue weighted by molar-refractivity contribution is 4.81. The van der Waals surface area contributed by atoms with Crippen molar-refractivity contribution in [3.8, 4) is 0 Å². The second-order valence-electron chi connectivity index (χ2n) is 5.34. The number of nitrogens with two attached hydrogens (primary N) is 1. The maximum absolute atomic E-state index is 14.3. The van der Waals surface area contributed by atoms with E-state index in [0.717, 1.165) is 12.8 Å². The number of hydrogen-bond acceptors (Lipinski definition) is 1. The Bertz CT molecular complexity index is 162. The van der Waals surface area contributed by atoms with Crippen molar-refractivity contribution < 1.29 is 4.39 Å². The lowest BCUT2D eigenvalue weighted by Crippen LogP contribution is -2.34. The van der Waals surface area contributed by atoms with Crippen molar-refractivity contribution in [1.82, 2.24) is 0 Å². The minimum absolute atomic E-state index is 0.0631. The van der Waals surface area contributed by atoms with Crippen molar-refractivity contribution in [2.75, 3.05) is 6.54 Å². The van der Waals surface area contributed by atoms with E-state index < -0.39 is 6.17 Å². The van der Waals surface area contributed by atoms with Gasteiger partial charge in [-0.1, -0.05) is 39.5 Å². The van der Waals surface area contributed by atoms with Crippen molar-refractivity contribution in [1.29, 1.82) is 0 Å². The van der Waals surface area contributed by atoms with Crippen LogP contribution in [-0.2, 0) is 0 Å². The Labute approximate surface area is 93.6 Å². The Morgan fingerprint density at radius 1 is 1.13 bits per heavy atom. The molecule has 90 valence electrons. The molecule has 0 aromatic carbocycles. The summed E-state index contributed by atoms with van der Waals surface area (Å²) in [6, 6.07) is 0. The van der Waals surface area contributed by atoms with Crippen LogP contribution < -0.4 is 5.73 Å².